The topological polar surface area (TPSA) is 68.0 Å². The quantitative estimate of drug-likeness (QED) is 0.801. The second-order valence-electron chi connectivity index (χ2n) is 4.03. The van der Waals surface area contributed by atoms with Crippen LogP contribution < -0.4 is 5.32 Å². The molecule has 5 nitrogen and oxygen atoms in total. The van der Waals surface area contributed by atoms with Crippen LogP contribution in [0.4, 0.5) is 0 Å². The molecule has 0 unspecified atom stereocenters. The first-order valence-corrected chi connectivity index (χ1v) is 7.81. The first-order valence-electron chi connectivity index (χ1n) is 6.11. The normalized spacial score (nSPS) is 11.1. The van der Waals surface area contributed by atoms with Crippen LogP contribution in [-0.2, 0) is 0 Å². The summed E-state index contributed by atoms with van der Waals surface area (Å²) in [5.41, 5.74) is 0.836. The molecule has 0 fully saturated rings. The Hall–Kier alpha value is -2.25. The summed E-state index contributed by atoms with van der Waals surface area (Å²) in [5, 5.41) is 6.12. The predicted molar refractivity (Wildman–Crippen MR) is 84.2 cm³/mol. The minimum Gasteiger partial charge on any atom is -0.462 e. The Morgan fingerprint density at radius 2 is 2.33 bits per heavy atom. The minimum atomic E-state index is -0.124. The van der Waals surface area contributed by atoms with E-state index in [1.807, 2.05) is 29.7 Å². The summed E-state index contributed by atoms with van der Waals surface area (Å²) in [5.74, 6) is 0.636. The number of carbonyl (C=O) groups excluding carboxylic acids is 1. The van der Waals surface area contributed by atoms with Crippen molar-refractivity contribution in [2.75, 3.05) is 7.05 Å². The van der Waals surface area contributed by atoms with Gasteiger partial charge < -0.3 is 9.73 Å². The van der Waals surface area contributed by atoms with Crippen molar-refractivity contribution in [1.82, 2.24) is 15.3 Å². The fourth-order valence-corrected chi connectivity index (χ4v) is 3.15. The maximum absolute atomic E-state index is 11.4. The van der Waals surface area contributed by atoms with Crippen molar-refractivity contribution in [3.05, 3.63) is 45.6 Å². The van der Waals surface area contributed by atoms with E-state index in [-0.39, 0.29) is 5.91 Å². The third-order valence-corrected chi connectivity index (χ3v) is 4.46. The summed E-state index contributed by atoms with van der Waals surface area (Å²) in [4.78, 5) is 20.7. The van der Waals surface area contributed by atoms with Crippen LogP contribution in [0.2, 0.25) is 0 Å². The molecule has 0 spiro atoms. The highest BCUT2D eigenvalue weighted by Gasteiger charge is 2.08. The molecule has 1 N–H and O–H groups in total. The van der Waals surface area contributed by atoms with Crippen molar-refractivity contribution in [1.29, 1.82) is 0 Å². The molecule has 1 amide bonds. The largest absolute Gasteiger partial charge is 0.462 e. The highest BCUT2D eigenvalue weighted by Crippen LogP contribution is 2.25. The molecule has 0 bridgehead atoms. The number of aromatic nitrogens is 2. The number of amides is 1. The van der Waals surface area contributed by atoms with E-state index in [2.05, 4.69) is 15.3 Å². The molecule has 0 aromatic carbocycles. The van der Waals surface area contributed by atoms with Gasteiger partial charge in [-0.05, 0) is 24.3 Å². The van der Waals surface area contributed by atoms with E-state index in [1.165, 1.54) is 22.7 Å². The van der Waals surface area contributed by atoms with Crippen molar-refractivity contribution < 1.29 is 9.21 Å². The Kier molecular flexibility index (Phi) is 3.94. The molecule has 0 aliphatic heterocycles. The number of rotatable bonds is 4. The zero-order chi connectivity index (χ0) is 14.7. The molecule has 0 aliphatic rings. The minimum absolute atomic E-state index is 0.124. The Morgan fingerprint density at radius 3 is 3.10 bits per heavy atom. The summed E-state index contributed by atoms with van der Waals surface area (Å²) in [6.45, 7) is 0. The molecule has 0 radical (unpaired) electrons. The lowest BCUT2D eigenvalue weighted by Crippen LogP contribution is -2.16. The molecule has 0 saturated heterocycles. The van der Waals surface area contributed by atoms with E-state index in [4.69, 9.17) is 4.42 Å². The number of thiazole rings is 2. The lowest BCUT2D eigenvalue weighted by Gasteiger charge is -1.90. The summed E-state index contributed by atoms with van der Waals surface area (Å²) in [6, 6.07) is 3.71. The average Bonchev–Trinajstić information content (AvgIpc) is 3.23. The van der Waals surface area contributed by atoms with Crippen molar-refractivity contribution in [2.45, 2.75) is 0 Å². The standard InChI is InChI=1S/C14H11N3O2S2/c1-15-13(18)11-7-16-12(21-11)5-4-9-8-20-14(17-9)10-3-2-6-19-10/h2-8H,1H3,(H,15,18)/b5-4+. The van der Waals surface area contributed by atoms with Crippen LogP contribution in [0.15, 0.2) is 34.4 Å². The van der Waals surface area contributed by atoms with E-state index < -0.39 is 0 Å². The number of hydrogen-bond donors (Lipinski definition) is 1. The van der Waals surface area contributed by atoms with Gasteiger partial charge in [0, 0.05) is 12.4 Å². The second kappa shape index (κ2) is 6.02. The lowest BCUT2D eigenvalue weighted by molar-refractivity contribution is 0.0967. The number of furan rings is 1. The van der Waals surface area contributed by atoms with Gasteiger partial charge in [-0.3, -0.25) is 4.79 Å². The molecule has 3 aromatic heterocycles. The molecule has 21 heavy (non-hydrogen) atoms. The highest BCUT2D eigenvalue weighted by molar-refractivity contribution is 7.14. The monoisotopic (exact) mass is 317 g/mol. The molecule has 0 aliphatic carbocycles. The van der Waals surface area contributed by atoms with E-state index in [9.17, 15) is 4.79 Å². The SMILES string of the molecule is CNC(=O)c1cnc(/C=C/c2csc(-c3ccco3)n2)s1. The molecule has 3 heterocycles. The molecule has 3 aromatic rings. The number of nitrogens with one attached hydrogen (secondary N) is 1. The Bertz CT molecular complexity index is 772. The Labute approximate surface area is 129 Å². The van der Waals surface area contributed by atoms with Gasteiger partial charge in [0.25, 0.3) is 5.91 Å². The fourth-order valence-electron chi connectivity index (χ4n) is 1.63. The van der Waals surface area contributed by atoms with Crippen LogP contribution in [-0.4, -0.2) is 22.9 Å². The van der Waals surface area contributed by atoms with Crippen molar-refractivity contribution in [3.63, 3.8) is 0 Å². The maximum Gasteiger partial charge on any atom is 0.262 e. The van der Waals surface area contributed by atoms with E-state index in [1.54, 1.807) is 19.5 Å². The van der Waals surface area contributed by atoms with Gasteiger partial charge in [0.05, 0.1) is 18.2 Å². The van der Waals surface area contributed by atoms with Crippen LogP contribution in [0, 0.1) is 0 Å². The maximum atomic E-state index is 11.4. The second-order valence-corrected chi connectivity index (χ2v) is 5.95. The Morgan fingerprint density at radius 1 is 1.43 bits per heavy atom. The van der Waals surface area contributed by atoms with E-state index in [0.29, 0.717) is 4.88 Å². The smallest absolute Gasteiger partial charge is 0.262 e. The van der Waals surface area contributed by atoms with Gasteiger partial charge in [0.1, 0.15) is 9.88 Å². The first kappa shape index (κ1) is 13.7. The summed E-state index contributed by atoms with van der Waals surface area (Å²) in [6.07, 6.45) is 6.91. The summed E-state index contributed by atoms with van der Waals surface area (Å²) in [7, 11) is 1.60. The predicted octanol–water partition coefficient (Wildman–Crippen LogP) is 3.39. The Balaban J connectivity index is 1.74. The van der Waals surface area contributed by atoms with Crippen LogP contribution in [0.5, 0.6) is 0 Å². The highest BCUT2D eigenvalue weighted by atomic mass is 32.1. The van der Waals surface area contributed by atoms with Crippen molar-refractivity contribution in [2.24, 2.45) is 0 Å². The van der Waals surface area contributed by atoms with Crippen LogP contribution >= 0.6 is 22.7 Å². The first-order chi connectivity index (χ1) is 10.3. The van der Waals surface area contributed by atoms with Crippen molar-refractivity contribution >= 4 is 40.7 Å². The van der Waals surface area contributed by atoms with E-state index >= 15 is 0 Å². The van der Waals surface area contributed by atoms with Gasteiger partial charge in [-0.2, -0.15) is 0 Å². The third-order valence-electron chi connectivity index (χ3n) is 2.63. The molecular formula is C14H11N3O2S2. The summed E-state index contributed by atoms with van der Waals surface area (Å²) < 4.78 is 5.31. The van der Waals surface area contributed by atoms with E-state index in [0.717, 1.165) is 21.5 Å². The van der Waals surface area contributed by atoms with Gasteiger partial charge in [0.2, 0.25) is 0 Å². The average molecular weight is 317 g/mol. The third kappa shape index (κ3) is 3.09. The molecular weight excluding hydrogens is 306 g/mol. The van der Waals surface area contributed by atoms with Gasteiger partial charge in [0.15, 0.2) is 10.8 Å². The lowest BCUT2D eigenvalue weighted by atomic mass is 10.4. The molecule has 7 heteroatoms. The van der Waals surface area contributed by atoms with Gasteiger partial charge in [-0.1, -0.05) is 0 Å². The number of nitrogens with zero attached hydrogens (tertiary/aromatic N) is 2. The zero-order valence-corrected chi connectivity index (χ0v) is 12.7. The number of hydrogen-bond acceptors (Lipinski definition) is 6. The molecule has 0 atom stereocenters. The van der Waals surface area contributed by atoms with Crippen molar-refractivity contribution in [3.8, 4) is 10.8 Å². The van der Waals surface area contributed by atoms with Crippen LogP contribution in [0.25, 0.3) is 22.9 Å². The van der Waals surface area contributed by atoms with Crippen LogP contribution in [0.3, 0.4) is 0 Å². The zero-order valence-electron chi connectivity index (χ0n) is 11.1. The number of carbonyl (C=O) groups is 1. The molecule has 3 rings (SSSR count). The van der Waals surface area contributed by atoms with Gasteiger partial charge in [-0.25, -0.2) is 9.97 Å². The molecule has 106 valence electrons. The fraction of sp³-hybridized carbons (Fsp3) is 0.0714. The summed E-state index contributed by atoms with van der Waals surface area (Å²) >= 11 is 2.86. The van der Waals surface area contributed by atoms with Crippen LogP contribution in [0.1, 0.15) is 20.4 Å². The van der Waals surface area contributed by atoms with Gasteiger partial charge in [-0.15, -0.1) is 22.7 Å². The molecule has 0 saturated carbocycles. The van der Waals surface area contributed by atoms with Gasteiger partial charge >= 0.3 is 0 Å².